The van der Waals surface area contributed by atoms with Gasteiger partial charge in [0.25, 0.3) is 0 Å². The number of carbonyl (C=O) groups excluding carboxylic acids is 1. The second-order valence-corrected chi connectivity index (χ2v) is 9.41. The molecule has 0 spiro atoms. The fourth-order valence-electron chi connectivity index (χ4n) is 4.15. The molecule has 6 atom stereocenters. The molecular weight excluding hydrogens is 426 g/mol. The van der Waals surface area contributed by atoms with Crippen LogP contribution in [-0.4, -0.2) is 79.8 Å². The predicted octanol–water partition coefficient (Wildman–Crippen LogP) is 3.32. The minimum Gasteiger partial charge on any atom is -0.388 e. The lowest BCUT2D eigenvalue weighted by atomic mass is 9.96. The SMILES string of the molecule is CCCCCCCCCCCC(CC(=O)NC1C(O)[C@@H](O)C(COC(C)C)O[C@H]1OC)OC. The van der Waals surface area contributed by atoms with E-state index in [1.807, 2.05) is 13.8 Å². The molecule has 0 saturated carbocycles. The van der Waals surface area contributed by atoms with E-state index in [-0.39, 0.29) is 31.1 Å². The Kier molecular flexibility index (Phi) is 16.2. The van der Waals surface area contributed by atoms with E-state index >= 15 is 0 Å². The van der Waals surface area contributed by atoms with E-state index in [1.165, 1.54) is 52.1 Å². The normalized spacial score (nSPS) is 26.5. The van der Waals surface area contributed by atoms with Crippen LogP contribution >= 0.6 is 0 Å². The highest BCUT2D eigenvalue weighted by molar-refractivity contribution is 5.77. The van der Waals surface area contributed by atoms with Gasteiger partial charge in [-0.25, -0.2) is 0 Å². The minimum absolute atomic E-state index is 0.0341. The van der Waals surface area contributed by atoms with E-state index in [1.54, 1.807) is 7.11 Å². The molecule has 1 heterocycles. The van der Waals surface area contributed by atoms with Crippen molar-refractivity contribution >= 4 is 5.91 Å². The Balaban J connectivity index is 2.39. The van der Waals surface area contributed by atoms with Gasteiger partial charge in [-0.05, 0) is 20.3 Å². The number of aliphatic hydroxyl groups excluding tert-OH is 2. The lowest BCUT2D eigenvalue weighted by Gasteiger charge is -2.42. The molecule has 33 heavy (non-hydrogen) atoms. The predicted molar refractivity (Wildman–Crippen MR) is 128 cm³/mol. The first-order chi connectivity index (χ1) is 15.8. The summed E-state index contributed by atoms with van der Waals surface area (Å²) >= 11 is 0. The van der Waals surface area contributed by atoms with Crippen LogP contribution in [0.25, 0.3) is 0 Å². The average molecular weight is 476 g/mol. The highest BCUT2D eigenvalue weighted by Gasteiger charge is 2.45. The second-order valence-electron chi connectivity index (χ2n) is 9.41. The maximum absolute atomic E-state index is 12.6. The number of nitrogens with one attached hydrogen (secondary N) is 1. The van der Waals surface area contributed by atoms with E-state index in [0.717, 1.165) is 19.3 Å². The molecule has 1 amide bonds. The van der Waals surface area contributed by atoms with Gasteiger partial charge >= 0.3 is 0 Å². The van der Waals surface area contributed by atoms with Crippen LogP contribution in [0.3, 0.4) is 0 Å². The number of carbonyl (C=O) groups is 1. The van der Waals surface area contributed by atoms with Crippen molar-refractivity contribution in [3.05, 3.63) is 0 Å². The van der Waals surface area contributed by atoms with Gasteiger partial charge in [0.15, 0.2) is 6.29 Å². The van der Waals surface area contributed by atoms with Crippen molar-refractivity contribution in [3.8, 4) is 0 Å². The van der Waals surface area contributed by atoms with Crippen molar-refractivity contribution in [1.82, 2.24) is 5.32 Å². The fraction of sp³-hybridized carbons (Fsp3) is 0.960. The Morgan fingerprint density at radius 1 is 0.970 bits per heavy atom. The third-order valence-corrected chi connectivity index (χ3v) is 6.23. The summed E-state index contributed by atoms with van der Waals surface area (Å²) in [7, 11) is 3.06. The van der Waals surface area contributed by atoms with Crippen molar-refractivity contribution in [2.45, 2.75) is 134 Å². The van der Waals surface area contributed by atoms with Gasteiger partial charge in [0.2, 0.25) is 5.91 Å². The van der Waals surface area contributed by atoms with Crippen LogP contribution in [0.4, 0.5) is 0 Å². The van der Waals surface area contributed by atoms with E-state index in [4.69, 9.17) is 18.9 Å². The third kappa shape index (κ3) is 12.0. The molecule has 1 aliphatic rings. The van der Waals surface area contributed by atoms with E-state index < -0.39 is 30.6 Å². The Morgan fingerprint density at radius 3 is 2.12 bits per heavy atom. The molecule has 8 heteroatoms. The lowest BCUT2D eigenvalue weighted by Crippen LogP contribution is -2.64. The Labute approximate surface area is 200 Å². The van der Waals surface area contributed by atoms with E-state index in [0.29, 0.717) is 0 Å². The molecule has 196 valence electrons. The summed E-state index contributed by atoms with van der Waals surface area (Å²) in [5, 5.41) is 23.8. The van der Waals surface area contributed by atoms with Gasteiger partial charge in [0.1, 0.15) is 24.4 Å². The van der Waals surface area contributed by atoms with Crippen LogP contribution in [-0.2, 0) is 23.7 Å². The van der Waals surface area contributed by atoms with E-state index in [9.17, 15) is 15.0 Å². The summed E-state index contributed by atoms with van der Waals surface area (Å²) in [6, 6.07) is -0.877. The quantitative estimate of drug-likeness (QED) is 0.261. The number of ether oxygens (including phenoxy) is 4. The first-order valence-electron chi connectivity index (χ1n) is 12.8. The van der Waals surface area contributed by atoms with Gasteiger partial charge < -0.3 is 34.5 Å². The Morgan fingerprint density at radius 2 is 1.58 bits per heavy atom. The van der Waals surface area contributed by atoms with Gasteiger partial charge in [0.05, 0.1) is 25.2 Å². The molecule has 3 N–H and O–H groups in total. The van der Waals surface area contributed by atoms with Gasteiger partial charge in [-0.15, -0.1) is 0 Å². The summed E-state index contributed by atoms with van der Waals surface area (Å²) in [6.07, 6.45) is 7.96. The molecule has 4 unspecified atom stereocenters. The first kappa shape index (κ1) is 30.3. The molecule has 0 aliphatic carbocycles. The number of hydrogen-bond donors (Lipinski definition) is 3. The van der Waals surface area contributed by atoms with E-state index in [2.05, 4.69) is 12.2 Å². The summed E-state index contributed by atoms with van der Waals surface area (Å²) in [5.41, 5.74) is 0. The largest absolute Gasteiger partial charge is 0.388 e. The summed E-state index contributed by atoms with van der Waals surface area (Å²) in [6.45, 7) is 6.12. The lowest BCUT2D eigenvalue weighted by molar-refractivity contribution is -0.266. The van der Waals surface area contributed by atoms with Gasteiger partial charge in [-0.3, -0.25) is 4.79 Å². The topological polar surface area (TPSA) is 106 Å². The molecule has 1 rings (SSSR count). The highest BCUT2D eigenvalue weighted by atomic mass is 16.7. The standard InChI is InChI=1S/C25H49NO7/c1-6-7-8-9-10-11-12-13-14-15-19(30-4)16-21(27)26-22-24(29)23(28)20(17-32-18(2)3)33-25(22)31-5/h18-20,22-25,28-29H,6-17H2,1-5H3,(H,26,27)/t19?,20?,22?,23-,24?,25+/m0/s1. The zero-order valence-electron chi connectivity index (χ0n) is 21.5. The minimum atomic E-state index is -1.23. The zero-order chi connectivity index (χ0) is 24.6. The van der Waals surface area contributed by atoms with Crippen molar-refractivity contribution in [2.75, 3.05) is 20.8 Å². The van der Waals surface area contributed by atoms with Crippen LogP contribution in [0, 0.1) is 0 Å². The Hall–Kier alpha value is -0.770. The van der Waals surface area contributed by atoms with Gasteiger partial charge in [-0.2, -0.15) is 0 Å². The van der Waals surface area contributed by atoms with Crippen LogP contribution in [0.1, 0.15) is 91.4 Å². The number of amides is 1. The zero-order valence-corrected chi connectivity index (χ0v) is 21.5. The molecule has 1 saturated heterocycles. The molecule has 8 nitrogen and oxygen atoms in total. The van der Waals surface area contributed by atoms with Crippen molar-refractivity contribution < 1.29 is 34.0 Å². The number of unbranched alkanes of at least 4 members (excludes halogenated alkanes) is 8. The average Bonchev–Trinajstić information content (AvgIpc) is 2.79. The highest BCUT2D eigenvalue weighted by Crippen LogP contribution is 2.23. The number of methoxy groups -OCH3 is 2. The first-order valence-corrected chi connectivity index (χ1v) is 12.8. The number of aliphatic hydroxyl groups is 2. The van der Waals surface area contributed by atoms with Gasteiger partial charge in [-0.1, -0.05) is 64.7 Å². The maximum atomic E-state index is 12.6. The monoisotopic (exact) mass is 475 g/mol. The molecule has 0 aromatic rings. The van der Waals surface area contributed by atoms with Crippen molar-refractivity contribution in [1.29, 1.82) is 0 Å². The van der Waals surface area contributed by atoms with Crippen LogP contribution in [0.15, 0.2) is 0 Å². The number of rotatable bonds is 18. The Bertz CT molecular complexity index is 503. The molecule has 0 radical (unpaired) electrons. The number of hydrogen-bond acceptors (Lipinski definition) is 7. The van der Waals surface area contributed by atoms with Gasteiger partial charge in [0, 0.05) is 14.2 Å². The molecule has 0 aromatic carbocycles. The van der Waals surface area contributed by atoms with Crippen molar-refractivity contribution in [3.63, 3.8) is 0 Å². The second kappa shape index (κ2) is 17.6. The summed E-state index contributed by atoms with van der Waals surface area (Å²) < 4.78 is 22.1. The molecular formula is C25H49NO7. The summed E-state index contributed by atoms with van der Waals surface area (Å²) in [5.74, 6) is -0.267. The molecule has 1 aliphatic heterocycles. The van der Waals surface area contributed by atoms with Crippen LogP contribution in [0.2, 0.25) is 0 Å². The third-order valence-electron chi connectivity index (χ3n) is 6.23. The molecule has 0 bridgehead atoms. The van der Waals surface area contributed by atoms with Crippen LogP contribution in [0.5, 0.6) is 0 Å². The maximum Gasteiger partial charge on any atom is 0.223 e. The van der Waals surface area contributed by atoms with Crippen molar-refractivity contribution in [2.24, 2.45) is 0 Å². The van der Waals surface area contributed by atoms with Crippen LogP contribution < -0.4 is 5.32 Å². The summed E-state index contributed by atoms with van der Waals surface area (Å²) in [4.78, 5) is 12.6. The fourth-order valence-corrected chi connectivity index (χ4v) is 4.15. The smallest absolute Gasteiger partial charge is 0.223 e. The molecule has 1 fully saturated rings. The molecule has 0 aromatic heterocycles.